The van der Waals surface area contributed by atoms with Gasteiger partial charge in [0.1, 0.15) is 0 Å². The van der Waals surface area contributed by atoms with E-state index in [9.17, 15) is 18.0 Å². The molecule has 3 rings (SSSR count). The third kappa shape index (κ3) is 15.7. The van der Waals surface area contributed by atoms with E-state index in [1.165, 1.54) is 6.20 Å². The number of fused-ring (bicyclic) bond motifs is 1. The number of rotatable bonds is 32. The molecule has 2 aliphatic rings. The first-order valence-corrected chi connectivity index (χ1v) is 20.4. The van der Waals surface area contributed by atoms with Crippen molar-refractivity contribution < 1.29 is 55.9 Å². The van der Waals surface area contributed by atoms with Crippen molar-refractivity contribution in [2.75, 3.05) is 120 Å². The van der Waals surface area contributed by atoms with Crippen molar-refractivity contribution in [2.45, 2.75) is 80.0 Å². The Kier molecular flexibility index (Phi) is 21.8. The topological polar surface area (TPSA) is 197 Å². The normalized spacial score (nSPS) is 16.0. The minimum Gasteiger partial charge on any atom is -0.382 e. The van der Waals surface area contributed by atoms with Crippen LogP contribution in [0, 0.1) is 0 Å². The average molecular weight is 775 g/mol. The van der Waals surface area contributed by atoms with Gasteiger partial charge in [-0.3, -0.25) is 9.59 Å². The minimum atomic E-state index is -3.79. The first-order valence-electron chi connectivity index (χ1n) is 18.9. The number of nitrogens with two attached hydrogens (primary N) is 1. The van der Waals surface area contributed by atoms with Gasteiger partial charge in [0.15, 0.2) is 0 Å². The molecule has 0 unspecified atom stereocenters. The lowest BCUT2D eigenvalue weighted by molar-refractivity contribution is -0.118. The fraction of sp³-hybridized carbons (Fsp3) is 0.833. The van der Waals surface area contributed by atoms with E-state index in [1.807, 2.05) is 0 Å². The smallest absolute Gasteiger partial charge is 0.257 e. The zero-order valence-corrected chi connectivity index (χ0v) is 32.6. The number of amides is 2. The molecule has 16 nitrogen and oxygen atoms in total. The summed E-state index contributed by atoms with van der Waals surface area (Å²) < 4.78 is 71.5. The molecule has 2 N–H and O–H groups in total. The average Bonchev–Trinajstić information content (AvgIpc) is 3.71. The van der Waals surface area contributed by atoms with Crippen molar-refractivity contribution in [3.8, 4) is 0 Å². The Labute approximate surface area is 314 Å². The van der Waals surface area contributed by atoms with E-state index in [0.29, 0.717) is 150 Å². The minimum absolute atomic E-state index is 0.232. The molecule has 17 heteroatoms. The van der Waals surface area contributed by atoms with Crippen LogP contribution < -0.4 is 5.73 Å². The maximum absolute atomic E-state index is 13.9. The lowest BCUT2D eigenvalue weighted by atomic mass is 9.73. The molecule has 1 aliphatic carbocycles. The Morgan fingerprint density at radius 3 is 1.75 bits per heavy atom. The monoisotopic (exact) mass is 774 g/mol. The van der Waals surface area contributed by atoms with Crippen LogP contribution in [0.4, 0.5) is 0 Å². The fourth-order valence-corrected chi connectivity index (χ4v) is 8.15. The highest BCUT2D eigenvalue weighted by molar-refractivity contribution is 7.91. The Balaban J connectivity index is 1.75. The van der Waals surface area contributed by atoms with Gasteiger partial charge in [0, 0.05) is 58.6 Å². The molecule has 1 fully saturated rings. The highest BCUT2D eigenvalue weighted by atomic mass is 32.2. The summed E-state index contributed by atoms with van der Waals surface area (Å²) >= 11 is 0. The van der Waals surface area contributed by atoms with Crippen LogP contribution in [-0.2, 0) is 57.9 Å². The van der Waals surface area contributed by atoms with Crippen LogP contribution in [0.2, 0.25) is 0 Å². The number of ether oxygens (including phenoxy) is 8. The van der Waals surface area contributed by atoms with E-state index in [2.05, 4.69) is 4.98 Å². The Bertz CT molecular complexity index is 1270. The van der Waals surface area contributed by atoms with Crippen molar-refractivity contribution in [3.05, 3.63) is 17.5 Å². The van der Waals surface area contributed by atoms with E-state index in [0.717, 1.165) is 19.3 Å². The second-order valence-corrected chi connectivity index (χ2v) is 15.4. The standard InChI is InChI=1S/C36H62N4O12S/c1-45-16-18-49-24-26-51-22-20-47-14-11-36(12-15-48-21-23-52-27-25-50-19-17-46-2)29-40(13-7-3-4-10-32(37)41)34(42)31-28-38-35(39-33(31)36)53(43,44)30-8-5-6-9-30/h28,30H,3-27,29H2,1-2H3,(H2,37,41). The van der Waals surface area contributed by atoms with E-state index in [1.54, 1.807) is 19.1 Å². The number of methoxy groups -OCH3 is 2. The molecular formula is C36H62N4O12S. The molecular weight excluding hydrogens is 712 g/mol. The largest absolute Gasteiger partial charge is 0.382 e. The summed E-state index contributed by atoms with van der Waals surface area (Å²) in [5.41, 5.74) is 5.24. The van der Waals surface area contributed by atoms with Crippen molar-refractivity contribution in [3.63, 3.8) is 0 Å². The summed E-state index contributed by atoms with van der Waals surface area (Å²) in [6.07, 6.45) is 7.42. The summed E-state index contributed by atoms with van der Waals surface area (Å²) in [7, 11) is -0.547. The van der Waals surface area contributed by atoms with Crippen LogP contribution >= 0.6 is 0 Å². The van der Waals surface area contributed by atoms with Crippen molar-refractivity contribution in [1.29, 1.82) is 0 Å². The summed E-state index contributed by atoms with van der Waals surface area (Å²) in [5.74, 6) is -0.603. The number of hydrogen-bond donors (Lipinski definition) is 1. The molecule has 1 aromatic heterocycles. The zero-order chi connectivity index (χ0) is 38.2. The molecule has 0 spiro atoms. The number of primary amides is 1. The molecule has 2 amide bonds. The fourth-order valence-electron chi connectivity index (χ4n) is 6.48. The molecule has 0 bridgehead atoms. The highest BCUT2D eigenvalue weighted by Crippen LogP contribution is 2.39. The van der Waals surface area contributed by atoms with Gasteiger partial charge in [-0.15, -0.1) is 0 Å². The van der Waals surface area contributed by atoms with E-state index >= 15 is 0 Å². The second kappa shape index (κ2) is 25.7. The number of carbonyl (C=O) groups is 2. The summed E-state index contributed by atoms with van der Waals surface area (Å²) in [6.45, 7) is 6.62. The summed E-state index contributed by atoms with van der Waals surface area (Å²) in [6, 6.07) is 0. The lowest BCUT2D eigenvalue weighted by Gasteiger charge is -2.43. The van der Waals surface area contributed by atoms with Gasteiger partial charge in [0.2, 0.25) is 20.9 Å². The van der Waals surface area contributed by atoms with Crippen LogP contribution in [0.15, 0.2) is 11.4 Å². The van der Waals surface area contributed by atoms with E-state index in [4.69, 9.17) is 48.6 Å². The predicted octanol–water partition coefficient (Wildman–Crippen LogP) is 2.10. The molecule has 1 aromatic rings. The summed E-state index contributed by atoms with van der Waals surface area (Å²) in [5, 5.41) is -0.766. The molecule has 0 atom stereocenters. The Morgan fingerprint density at radius 1 is 0.774 bits per heavy atom. The Morgan fingerprint density at radius 2 is 1.26 bits per heavy atom. The first kappa shape index (κ1) is 45.0. The van der Waals surface area contributed by atoms with Crippen LogP contribution in [-0.4, -0.2) is 160 Å². The van der Waals surface area contributed by atoms with Crippen LogP contribution in [0.3, 0.4) is 0 Å². The maximum Gasteiger partial charge on any atom is 0.257 e. The molecule has 0 aromatic carbocycles. The number of aromatic nitrogens is 2. The zero-order valence-electron chi connectivity index (χ0n) is 31.8. The van der Waals surface area contributed by atoms with Gasteiger partial charge in [-0.05, 0) is 38.5 Å². The summed E-state index contributed by atoms with van der Waals surface area (Å²) in [4.78, 5) is 36.0. The SMILES string of the molecule is COCCOCCOCCOCCC1(CCOCCOCCOCCOC)CN(CCCCCC(N)=O)C(=O)c2cnc(S(=O)(=O)C3CCCC3)nc21. The maximum atomic E-state index is 13.9. The van der Waals surface area contributed by atoms with Gasteiger partial charge < -0.3 is 48.5 Å². The van der Waals surface area contributed by atoms with Crippen LogP contribution in [0.25, 0.3) is 0 Å². The van der Waals surface area contributed by atoms with E-state index in [-0.39, 0.29) is 29.0 Å². The number of nitrogens with zero attached hydrogens (tertiary/aromatic N) is 3. The van der Waals surface area contributed by atoms with Gasteiger partial charge in [0.25, 0.3) is 5.91 Å². The number of hydrogen-bond acceptors (Lipinski definition) is 14. The van der Waals surface area contributed by atoms with Crippen molar-refractivity contribution in [1.82, 2.24) is 14.9 Å². The Hall–Kier alpha value is -2.35. The quantitative estimate of drug-likeness (QED) is 0.0825. The third-order valence-electron chi connectivity index (χ3n) is 9.43. The second-order valence-electron chi connectivity index (χ2n) is 13.3. The van der Waals surface area contributed by atoms with Gasteiger partial charge in [-0.25, -0.2) is 18.4 Å². The van der Waals surface area contributed by atoms with Gasteiger partial charge in [-0.2, -0.15) is 0 Å². The first-order chi connectivity index (χ1) is 25.7. The highest BCUT2D eigenvalue weighted by Gasteiger charge is 2.45. The predicted molar refractivity (Wildman–Crippen MR) is 195 cm³/mol. The van der Waals surface area contributed by atoms with Crippen LogP contribution in [0.5, 0.6) is 0 Å². The molecule has 304 valence electrons. The lowest BCUT2D eigenvalue weighted by Crippen LogP contribution is -2.52. The van der Waals surface area contributed by atoms with Gasteiger partial charge in [-0.1, -0.05) is 19.3 Å². The van der Waals surface area contributed by atoms with Crippen LogP contribution in [0.1, 0.15) is 80.3 Å². The molecule has 1 aliphatic heterocycles. The molecule has 0 radical (unpaired) electrons. The van der Waals surface area contributed by atoms with Gasteiger partial charge >= 0.3 is 0 Å². The molecule has 53 heavy (non-hydrogen) atoms. The molecule has 1 saturated carbocycles. The number of unbranched alkanes of at least 4 members (excludes halogenated alkanes) is 2. The number of sulfone groups is 1. The van der Waals surface area contributed by atoms with Crippen molar-refractivity contribution >= 4 is 21.7 Å². The van der Waals surface area contributed by atoms with Crippen molar-refractivity contribution in [2.24, 2.45) is 5.73 Å². The molecule has 0 saturated heterocycles. The van der Waals surface area contributed by atoms with E-state index < -0.39 is 20.5 Å². The molecule has 2 heterocycles. The third-order valence-corrected chi connectivity index (χ3v) is 11.5. The van der Waals surface area contributed by atoms with Gasteiger partial charge in [0.05, 0.1) is 95.8 Å². The number of carbonyl (C=O) groups excluding carboxylic acids is 2.